The van der Waals surface area contributed by atoms with Crippen LogP contribution < -0.4 is 5.84 Å². The van der Waals surface area contributed by atoms with E-state index in [0.29, 0.717) is 26.1 Å². The monoisotopic (exact) mass is 216 g/mol. The largest absolute Gasteiger partial charge is 0.469 e. The quantitative estimate of drug-likeness (QED) is 0.225. The Labute approximate surface area is 88.3 Å². The molecule has 1 heterocycles. The number of hydrazine groups is 1. The van der Waals surface area contributed by atoms with Gasteiger partial charge in [-0.05, 0) is 12.8 Å². The highest BCUT2D eigenvalue weighted by molar-refractivity contribution is 5.94. The molecule has 1 rings (SSSR count). The van der Waals surface area contributed by atoms with Gasteiger partial charge in [0.15, 0.2) is 0 Å². The molecule has 1 saturated heterocycles. The lowest BCUT2D eigenvalue weighted by molar-refractivity contribution is -0.148. The minimum absolute atomic E-state index is 0.0316. The zero-order chi connectivity index (χ0) is 11.3. The van der Waals surface area contributed by atoms with E-state index in [2.05, 4.69) is 4.74 Å². The van der Waals surface area contributed by atoms with E-state index in [4.69, 9.17) is 10.6 Å². The molecule has 0 atom stereocenters. The first-order chi connectivity index (χ1) is 7.15. The Kier molecular flexibility index (Phi) is 4.51. The van der Waals surface area contributed by atoms with Crippen LogP contribution in [-0.4, -0.2) is 43.3 Å². The van der Waals surface area contributed by atoms with Gasteiger partial charge in [0.2, 0.25) is 5.91 Å². The number of esters is 1. The molecule has 0 aromatic heterocycles. The third-order valence-electron chi connectivity index (χ3n) is 2.40. The van der Waals surface area contributed by atoms with Gasteiger partial charge < -0.3 is 9.47 Å². The van der Waals surface area contributed by atoms with Crippen LogP contribution in [-0.2, 0) is 19.1 Å². The Balaban J connectivity index is 2.40. The molecule has 0 saturated carbocycles. The normalized spacial score (nSPS) is 17.2. The number of amides is 1. The van der Waals surface area contributed by atoms with E-state index in [-0.39, 0.29) is 12.5 Å². The highest BCUT2D eigenvalue weighted by atomic mass is 16.5. The average Bonchev–Trinajstić information content (AvgIpc) is 2.29. The van der Waals surface area contributed by atoms with Crippen LogP contribution in [0.1, 0.15) is 19.3 Å². The summed E-state index contributed by atoms with van der Waals surface area (Å²) in [5, 5.41) is 1.12. The summed E-state index contributed by atoms with van der Waals surface area (Å²) >= 11 is 0. The summed E-state index contributed by atoms with van der Waals surface area (Å²) in [6, 6.07) is -0.0316. The van der Waals surface area contributed by atoms with Crippen molar-refractivity contribution in [2.75, 3.05) is 20.3 Å². The summed E-state index contributed by atoms with van der Waals surface area (Å²) in [6.45, 7) is 1.20. The van der Waals surface area contributed by atoms with Gasteiger partial charge in [0.25, 0.3) is 0 Å². The Morgan fingerprint density at radius 1 is 1.47 bits per heavy atom. The van der Waals surface area contributed by atoms with Crippen LogP contribution in [0.25, 0.3) is 0 Å². The van der Waals surface area contributed by atoms with E-state index >= 15 is 0 Å². The molecule has 2 N–H and O–H groups in total. The first-order valence-corrected chi connectivity index (χ1v) is 4.86. The number of nitrogens with zero attached hydrogens (tertiary/aromatic N) is 1. The fraction of sp³-hybridized carbons (Fsp3) is 0.778. The number of nitrogens with two attached hydrogens (primary N) is 1. The molecule has 0 bridgehead atoms. The summed E-state index contributed by atoms with van der Waals surface area (Å²) in [4.78, 5) is 22.3. The Morgan fingerprint density at radius 2 is 2.07 bits per heavy atom. The molecule has 1 amide bonds. The van der Waals surface area contributed by atoms with Gasteiger partial charge in [0.05, 0.1) is 13.2 Å². The lowest BCUT2D eigenvalue weighted by Gasteiger charge is -2.30. The molecule has 0 radical (unpaired) electrons. The van der Waals surface area contributed by atoms with Crippen LogP contribution in [0.4, 0.5) is 0 Å². The van der Waals surface area contributed by atoms with Crippen molar-refractivity contribution in [1.82, 2.24) is 5.01 Å². The van der Waals surface area contributed by atoms with Crippen molar-refractivity contribution in [2.45, 2.75) is 25.3 Å². The van der Waals surface area contributed by atoms with Crippen molar-refractivity contribution < 1.29 is 19.1 Å². The second-order valence-corrected chi connectivity index (χ2v) is 3.40. The predicted molar refractivity (Wildman–Crippen MR) is 51.5 cm³/mol. The van der Waals surface area contributed by atoms with Gasteiger partial charge in [0, 0.05) is 13.2 Å². The maximum atomic E-state index is 11.5. The first-order valence-electron chi connectivity index (χ1n) is 4.86. The number of hydrogen-bond donors (Lipinski definition) is 1. The topological polar surface area (TPSA) is 81.9 Å². The Bertz CT molecular complexity index is 238. The van der Waals surface area contributed by atoms with E-state index in [9.17, 15) is 9.59 Å². The second-order valence-electron chi connectivity index (χ2n) is 3.40. The van der Waals surface area contributed by atoms with Crippen molar-refractivity contribution in [3.63, 3.8) is 0 Å². The van der Waals surface area contributed by atoms with Crippen molar-refractivity contribution in [1.29, 1.82) is 0 Å². The van der Waals surface area contributed by atoms with Gasteiger partial charge in [-0.2, -0.15) is 0 Å². The van der Waals surface area contributed by atoms with Crippen LogP contribution >= 0.6 is 0 Å². The van der Waals surface area contributed by atoms with E-state index in [1.54, 1.807) is 0 Å². The standard InChI is InChI=1S/C9H16N2O4/c1-14-9(13)6-8(12)11(10)7-2-4-15-5-3-7/h7H,2-6,10H2,1H3. The molecule has 0 aromatic carbocycles. The van der Waals surface area contributed by atoms with Gasteiger partial charge >= 0.3 is 5.97 Å². The molecule has 1 aliphatic rings. The maximum Gasteiger partial charge on any atom is 0.315 e. The van der Waals surface area contributed by atoms with Crippen LogP contribution in [0, 0.1) is 0 Å². The van der Waals surface area contributed by atoms with Crippen LogP contribution in [0.3, 0.4) is 0 Å². The third kappa shape index (κ3) is 3.49. The number of ether oxygens (including phenoxy) is 2. The smallest absolute Gasteiger partial charge is 0.315 e. The summed E-state index contributed by atoms with van der Waals surface area (Å²) in [5.41, 5.74) is 0. The maximum absolute atomic E-state index is 11.5. The van der Waals surface area contributed by atoms with Crippen LogP contribution in [0.15, 0.2) is 0 Å². The minimum Gasteiger partial charge on any atom is -0.469 e. The van der Waals surface area contributed by atoms with Gasteiger partial charge in [-0.15, -0.1) is 0 Å². The van der Waals surface area contributed by atoms with E-state index in [0.717, 1.165) is 5.01 Å². The number of rotatable bonds is 3. The molecule has 6 nitrogen and oxygen atoms in total. The van der Waals surface area contributed by atoms with Gasteiger partial charge in [0.1, 0.15) is 6.42 Å². The second kappa shape index (κ2) is 5.67. The average molecular weight is 216 g/mol. The molecule has 0 aromatic rings. The first kappa shape index (κ1) is 11.9. The lowest BCUT2D eigenvalue weighted by Crippen LogP contribution is -2.48. The molecule has 6 heteroatoms. The molecule has 1 fully saturated rings. The molecule has 15 heavy (non-hydrogen) atoms. The molecule has 86 valence electrons. The Hall–Kier alpha value is -1.14. The number of carbonyl (C=O) groups is 2. The van der Waals surface area contributed by atoms with Gasteiger partial charge in [-0.1, -0.05) is 0 Å². The molecular weight excluding hydrogens is 200 g/mol. The molecular formula is C9H16N2O4. The van der Waals surface area contributed by atoms with E-state index in [1.807, 2.05) is 0 Å². The minimum atomic E-state index is -0.567. The number of hydrogen-bond acceptors (Lipinski definition) is 5. The van der Waals surface area contributed by atoms with Crippen LogP contribution in [0.2, 0.25) is 0 Å². The lowest BCUT2D eigenvalue weighted by atomic mass is 10.1. The van der Waals surface area contributed by atoms with E-state index < -0.39 is 11.9 Å². The van der Waals surface area contributed by atoms with E-state index in [1.165, 1.54) is 7.11 Å². The SMILES string of the molecule is COC(=O)CC(=O)N(N)C1CCOCC1. The number of methoxy groups -OCH3 is 1. The zero-order valence-corrected chi connectivity index (χ0v) is 8.77. The van der Waals surface area contributed by atoms with Crippen molar-refractivity contribution in [2.24, 2.45) is 5.84 Å². The number of carbonyl (C=O) groups excluding carboxylic acids is 2. The summed E-state index contributed by atoms with van der Waals surface area (Å²) < 4.78 is 9.54. The highest BCUT2D eigenvalue weighted by Crippen LogP contribution is 2.12. The molecule has 0 aliphatic carbocycles. The van der Waals surface area contributed by atoms with Crippen molar-refractivity contribution in [3.8, 4) is 0 Å². The molecule has 0 unspecified atom stereocenters. The van der Waals surface area contributed by atoms with Crippen LogP contribution in [0.5, 0.6) is 0 Å². The van der Waals surface area contributed by atoms with Crippen molar-refractivity contribution in [3.05, 3.63) is 0 Å². The third-order valence-corrected chi connectivity index (χ3v) is 2.40. The highest BCUT2D eigenvalue weighted by Gasteiger charge is 2.24. The molecule has 1 aliphatic heterocycles. The fourth-order valence-corrected chi connectivity index (χ4v) is 1.45. The summed E-state index contributed by atoms with van der Waals surface area (Å²) in [5.74, 6) is 4.64. The Morgan fingerprint density at radius 3 is 2.60 bits per heavy atom. The van der Waals surface area contributed by atoms with Gasteiger partial charge in [-0.3, -0.25) is 14.6 Å². The molecule has 0 spiro atoms. The zero-order valence-electron chi connectivity index (χ0n) is 8.77. The van der Waals surface area contributed by atoms with Gasteiger partial charge in [-0.25, -0.2) is 5.84 Å². The fourth-order valence-electron chi connectivity index (χ4n) is 1.45. The predicted octanol–water partition coefficient (Wildman–Crippen LogP) is -0.569. The summed E-state index contributed by atoms with van der Waals surface area (Å²) in [6.07, 6.45) is 1.12. The van der Waals surface area contributed by atoms with Crippen molar-refractivity contribution >= 4 is 11.9 Å². The summed E-state index contributed by atoms with van der Waals surface area (Å²) in [7, 11) is 1.24.